The maximum atomic E-state index is 12.9. The zero-order valence-corrected chi connectivity index (χ0v) is 16.6. The van der Waals surface area contributed by atoms with Gasteiger partial charge in [-0.1, -0.05) is 0 Å². The molecule has 2 aliphatic rings. The highest BCUT2D eigenvalue weighted by Gasteiger charge is 2.49. The van der Waals surface area contributed by atoms with Crippen molar-refractivity contribution in [3.63, 3.8) is 0 Å². The minimum atomic E-state index is -0.507. The predicted molar refractivity (Wildman–Crippen MR) is 104 cm³/mol. The third kappa shape index (κ3) is 3.33. The van der Waals surface area contributed by atoms with Crippen LogP contribution in [-0.2, 0) is 21.5 Å². The van der Waals surface area contributed by atoms with Gasteiger partial charge in [0.15, 0.2) is 0 Å². The minimum absolute atomic E-state index is 0.0410. The van der Waals surface area contributed by atoms with Gasteiger partial charge in [0, 0.05) is 58.3 Å². The number of nitrogens with one attached hydrogen (secondary N) is 2. The molecule has 10 nitrogen and oxygen atoms in total. The summed E-state index contributed by atoms with van der Waals surface area (Å²) in [6.07, 6.45) is 6.75. The van der Waals surface area contributed by atoms with Crippen molar-refractivity contribution in [1.82, 2.24) is 29.7 Å². The van der Waals surface area contributed by atoms with Crippen molar-refractivity contribution in [2.24, 2.45) is 0 Å². The third-order valence-corrected chi connectivity index (χ3v) is 5.83. The van der Waals surface area contributed by atoms with Crippen molar-refractivity contribution in [3.05, 3.63) is 35.7 Å². The number of carbonyl (C=O) groups is 2. The molecule has 0 aliphatic carbocycles. The van der Waals surface area contributed by atoms with E-state index in [-0.39, 0.29) is 18.4 Å². The molecule has 1 saturated heterocycles. The number of H-pyrrole nitrogens is 1. The normalized spacial score (nSPS) is 17.9. The second kappa shape index (κ2) is 7.78. The van der Waals surface area contributed by atoms with Crippen LogP contribution in [0.4, 0.5) is 5.95 Å². The van der Waals surface area contributed by atoms with Crippen LogP contribution < -0.4 is 5.32 Å². The Labute approximate surface area is 168 Å². The monoisotopic (exact) mass is 399 g/mol. The summed E-state index contributed by atoms with van der Waals surface area (Å²) in [4.78, 5) is 45.3. The SMILES string of the molecule is CNc1ncc(C(=O)N2CCC3(CC2)c2nc[nH]c2CCN3C(=O)COC)cn1. The Balaban J connectivity index is 1.55. The molecule has 0 saturated carbocycles. The highest BCUT2D eigenvalue weighted by Crippen LogP contribution is 2.42. The van der Waals surface area contributed by atoms with Gasteiger partial charge in [0.2, 0.25) is 11.9 Å². The lowest BCUT2D eigenvalue weighted by Crippen LogP contribution is -2.59. The largest absolute Gasteiger partial charge is 0.375 e. The van der Waals surface area contributed by atoms with Gasteiger partial charge in [-0.2, -0.15) is 0 Å². The number of amides is 2. The number of ether oxygens (including phenoxy) is 1. The highest BCUT2D eigenvalue weighted by molar-refractivity contribution is 5.93. The Morgan fingerprint density at radius 1 is 1.21 bits per heavy atom. The average Bonchev–Trinajstić information content (AvgIpc) is 3.24. The van der Waals surface area contributed by atoms with Crippen molar-refractivity contribution in [2.45, 2.75) is 24.8 Å². The molecule has 2 N–H and O–H groups in total. The number of rotatable bonds is 4. The Morgan fingerprint density at radius 3 is 2.59 bits per heavy atom. The lowest BCUT2D eigenvalue weighted by molar-refractivity contribution is -0.145. The molecule has 0 unspecified atom stereocenters. The molecule has 0 radical (unpaired) electrons. The van der Waals surface area contributed by atoms with Gasteiger partial charge in [-0.3, -0.25) is 9.59 Å². The van der Waals surface area contributed by atoms with Crippen LogP contribution in [0.2, 0.25) is 0 Å². The number of nitrogens with zero attached hydrogens (tertiary/aromatic N) is 5. The number of hydrogen-bond acceptors (Lipinski definition) is 7. The van der Waals surface area contributed by atoms with E-state index in [0.717, 1.165) is 17.8 Å². The van der Waals surface area contributed by atoms with E-state index in [0.29, 0.717) is 44.0 Å². The summed E-state index contributed by atoms with van der Waals surface area (Å²) < 4.78 is 5.09. The van der Waals surface area contributed by atoms with Gasteiger partial charge < -0.3 is 24.8 Å². The first-order valence-corrected chi connectivity index (χ1v) is 9.70. The molecule has 29 heavy (non-hydrogen) atoms. The minimum Gasteiger partial charge on any atom is -0.375 e. The van der Waals surface area contributed by atoms with Crippen LogP contribution in [0.5, 0.6) is 0 Å². The molecule has 2 aromatic rings. The first-order chi connectivity index (χ1) is 14.1. The number of aromatic nitrogens is 4. The molecule has 2 aromatic heterocycles. The molecule has 1 spiro atoms. The van der Waals surface area contributed by atoms with E-state index in [1.165, 1.54) is 19.5 Å². The molecule has 0 bridgehead atoms. The number of fused-ring (bicyclic) bond motifs is 2. The van der Waals surface area contributed by atoms with Crippen LogP contribution in [0, 0.1) is 0 Å². The summed E-state index contributed by atoms with van der Waals surface area (Å²) in [5, 5.41) is 2.84. The van der Waals surface area contributed by atoms with Gasteiger partial charge in [-0.05, 0) is 12.8 Å². The number of imidazole rings is 1. The van der Waals surface area contributed by atoms with Crippen LogP contribution in [0.25, 0.3) is 0 Å². The van der Waals surface area contributed by atoms with Gasteiger partial charge in [0.25, 0.3) is 5.91 Å². The van der Waals surface area contributed by atoms with Crippen molar-refractivity contribution >= 4 is 17.8 Å². The van der Waals surface area contributed by atoms with E-state index >= 15 is 0 Å². The standard InChI is InChI=1S/C19H25N7O3/c1-20-18-21-9-13(10-22-18)17(28)25-7-4-19(5-8-25)16-14(23-12-24-16)3-6-26(19)15(27)11-29-2/h9-10,12H,3-8,11H2,1-2H3,(H,23,24)(H,20,21,22). The van der Waals surface area contributed by atoms with Gasteiger partial charge in [-0.15, -0.1) is 0 Å². The molecule has 1 fully saturated rings. The summed E-state index contributed by atoms with van der Waals surface area (Å²) >= 11 is 0. The fourth-order valence-electron chi connectivity index (χ4n) is 4.38. The summed E-state index contributed by atoms with van der Waals surface area (Å²) in [6, 6.07) is 0. The molecule has 2 amide bonds. The van der Waals surface area contributed by atoms with E-state index < -0.39 is 5.54 Å². The Kier molecular flexibility index (Phi) is 5.18. The molecular formula is C19H25N7O3. The van der Waals surface area contributed by atoms with Crippen LogP contribution in [0.1, 0.15) is 34.6 Å². The maximum Gasteiger partial charge on any atom is 0.256 e. The van der Waals surface area contributed by atoms with Crippen molar-refractivity contribution in [1.29, 1.82) is 0 Å². The van der Waals surface area contributed by atoms with Crippen molar-refractivity contribution in [3.8, 4) is 0 Å². The molecule has 0 atom stereocenters. The smallest absolute Gasteiger partial charge is 0.256 e. The maximum absolute atomic E-state index is 12.9. The lowest BCUT2D eigenvalue weighted by atomic mass is 9.78. The molecule has 4 rings (SSSR count). The van der Waals surface area contributed by atoms with E-state index in [1.807, 2.05) is 4.90 Å². The van der Waals surface area contributed by atoms with E-state index in [1.54, 1.807) is 18.3 Å². The Bertz CT molecular complexity index is 887. The molecule has 10 heteroatoms. The van der Waals surface area contributed by atoms with Crippen LogP contribution in [-0.4, -0.2) is 81.9 Å². The van der Waals surface area contributed by atoms with Crippen molar-refractivity contribution in [2.75, 3.05) is 45.7 Å². The number of anilines is 1. The topological polar surface area (TPSA) is 116 Å². The summed E-state index contributed by atoms with van der Waals surface area (Å²) in [5.41, 5.74) is 1.94. The van der Waals surface area contributed by atoms with Gasteiger partial charge in [0.1, 0.15) is 6.61 Å². The van der Waals surface area contributed by atoms with Crippen molar-refractivity contribution < 1.29 is 14.3 Å². The quantitative estimate of drug-likeness (QED) is 0.765. The summed E-state index contributed by atoms with van der Waals surface area (Å²) in [7, 11) is 3.25. The van der Waals surface area contributed by atoms with Crippen LogP contribution in [0.15, 0.2) is 18.7 Å². The van der Waals surface area contributed by atoms with Gasteiger partial charge in [0.05, 0.1) is 23.1 Å². The second-order valence-electron chi connectivity index (χ2n) is 7.33. The second-order valence-corrected chi connectivity index (χ2v) is 7.33. The molecule has 2 aliphatic heterocycles. The zero-order valence-electron chi connectivity index (χ0n) is 16.6. The van der Waals surface area contributed by atoms with Crippen LogP contribution >= 0.6 is 0 Å². The number of carbonyl (C=O) groups excluding carboxylic acids is 2. The average molecular weight is 399 g/mol. The van der Waals surface area contributed by atoms with Crippen LogP contribution in [0.3, 0.4) is 0 Å². The van der Waals surface area contributed by atoms with Gasteiger partial charge in [-0.25, -0.2) is 15.0 Å². The van der Waals surface area contributed by atoms with Gasteiger partial charge >= 0.3 is 0 Å². The number of hydrogen-bond donors (Lipinski definition) is 2. The molecular weight excluding hydrogens is 374 g/mol. The predicted octanol–water partition coefficient (Wildman–Crippen LogP) is 0.404. The Hall–Kier alpha value is -3.01. The zero-order chi connectivity index (χ0) is 20.4. The third-order valence-electron chi connectivity index (χ3n) is 5.83. The summed E-state index contributed by atoms with van der Waals surface area (Å²) in [5.74, 6) is 0.326. The fraction of sp³-hybridized carbons (Fsp3) is 0.526. The van der Waals surface area contributed by atoms with E-state index in [9.17, 15) is 9.59 Å². The lowest BCUT2D eigenvalue weighted by Gasteiger charge is -2.50. The number of methoxy groups -OCH3 is 1. The molecule has 0 aromatic carbocycles. The highest BCUT2D eigenvalue weighted by atomic mass is 16.5. The number of piperidine rings is 1. The Morgan fingerprint density at radius 2 is 1.93 bits per heavy atom. The number of aromatic amines is 1. The number of likely N-dealkylation sites (tertiary alicyclic amines) is 1. The first kappa shape index (κ1) is 19.3. The molecule has 154 valence electrons. The fourth-order valence-corrected chi connectivity index (χ4v) is 4.38. The first-order valence-electron chi connectivity index (χ1n) is 9.70. The summed E-state index contributed by atoms with van der Waals surface area (Å²) in [6.45, 7) is 1.70. The van der Waals surface area contributed by atoms with E-state index in [2.05, 4.69) is 25.3 Å². The van der Waals surface area contributed by atoms with E-state index in [4.69, 9.17) is 4.74 Å². The molecule has 4 heterocycles.